The summed E-state index contributed by atoms with van der Waals surface area (Å²) in [4.78, 5) is 5.05. The molecule has 2 aromatic rings. The first-order chi connectivity index (χ1) is 12.0. The van der Waals surface area contributed by atoms with Crippen LogP contribution >= 0.6 is 0 Å². The van der Waals surface area contributed by atoms with Crippen LogP contribution in [0.15, 0.2) is 30.3 Å². The van der Waals surface area contributed by atoms with Gasteiger partial charge in [-0.15, -0.1) is 0 Å². The normalized spacial score (nSPS) is 11.5. The highest BCUT2D eigenvalue weighted by Crippen LogP contribution is 2.37. The van der Waals surface area contributed by atoms with Crippen molar-refractivity contribution in [2.45, 2.75) is 78.7 Å². The molecule has 0 aliphatic rings. The van der Waals surface area contributed by atoms with Crippen molar-refractivity contribution in [1.29, 1.82) is 0 Å². The van der Waals surface area contributed by atoms with E-state index in [1.54, 1.807) is 0 Å². The Morgan fingerprint density at radius 3 is 2.00 bits per heavy atom. The van der Waals surface area contributed by atoms with Crippen LogP contribution in [0.3, 0.4) is 0 Å². The summed E-state index contributed by atoms with van der Waals surface area (Å²) in [5, 5.41) is 10.2. The highest BCUT2D eigenvalue weighted by Gasteiger charge is 2.22. The predicted molar refractivity (Wildman–Crippen MR) is 107 cm³/mol. The van der Waals surface area contributed by atoms with Gasteiger partial charge in [-0.3, -0.25) is 4.98 Å². The minimum Gasteiger partial charge on any atom is -0.392 e. The van der Waals surface area contributed by atoms with Crippen molar-refractivity contribution < 1.29 is 5.11 Å². The summed E-state index contributed by atoms with van der Waals surface area (Å²) in [6, 6.07) is 10.5. The van der Waals surface area contributed by atoms with Crippen LogP contribution in [0, 0.1) is 0 Å². The Morgan fingerprint density at radius 2 is 1.48 bits per heavy atom. The number of aromatic nitrogens is 1. The SMILES string of the molecule is CCCCCc1c(C(C)C)nc(C(C)C)c(CO)c1-c1ccccc1. The Bertz CT molecular complexity index is 674. The summed E-state index contributed by atoms with van der Waals surface area (Å²) in [6.07, 6.45) is 4.64. The van der Waals surface area contributed by atoms with Gasteiger partial charge in [0.2, 0.25) is 0 Å². The Hall–Kier alpha value is -1.67. The summed E-state index contributed by atoms with van der Waals surface area (Å²) < 4.78 is 0. The molecule has 136 valence electrons. The van der Waals surface area contributed by atoms with Crippen molar-refractivity contribution >= 4 is 0 Å². The lowest BCUT2D eigenvalue weighted by atomic mass is 9.85. The molecule has 0 fully saturated rings. The van der Waals surface area contributed by atoms with Crippen LogP contribution in [-0.2, 0) is 13.0 Å². The molecule has 2 rings (SSSR count). The first-order valence-electron chi connectivity index (χ1n) is 9.73. The molecule has 1 aromatic heterocycles. The topological polar surface area (TPSA) is 33.1 Å². The molecular formula is C23H33NO. The highest BCUT2D eigenvalue weighted by molar-refractivity contribution is 5.73. The molecule has 0 radical (unpaired) electrons. The third-order valence-corrected chi connectivity index (χ3v) is 4.81. The highest BCUT2D eigenvalue weighted by atomic mass is 16.3. The van der Waals surface area contributed by atoms with Crippen molar-refractivity contribution in [3.8, 4) is 11.1 Å². The van der Waals surface area contributed by atoms with Gasteiger partial charge in [-0.2, -0.15) is 0 Å². The van der Waals surface area contributed by atoms with Crippen LogP contribution < -0.4 is 0 Å². The molecule has 25 heavy (non-hydrogen) atoms. The smallest absolute Gasteiger partial charge is 0.0705 e. The molecule has 1 N–H and O–H groups in total. The molecular weight excluding hydrogens is 306 g/mol. The minimum absolute atomic E-state index is 0.0455. The fourth-order valence-corrected chi connectivity index (χ4v) is 3.58. The summed E-state index contributed by atoms with van der Waals surface area (Å²) in [5.74, 6) is 0.677. The van der Waals surface area contributed by atoms with Gasteiger partial charge in [-0.25, -0.2) is 0 Å². The zero-order chi connectivity index (χ0) is 18.4. The molecule has 0 spiro atoms. The molecule has 1 heterocycles. The van der Waals surface area contributed by atoms with Gasteiger partial charge in [0.1, 0.15) is 0 Å². The first kappa shape index (κ1) is 19.7. The molecule has 0 bridgehead atoms. The second-order valence-electron chi connectivity index (χ2n) is 7.51. The Morgan fingerprint density at radius 1 is 0.880 bits per heavy atom. The number of aliphatic hydroxyl groups excluding tert-OH is 1. The van der Waals surface area contributed by atoms with Crippen molar-refractivity contribution in [3.05, 3.63) is 52.8 Å². The number of hydrogen-bond donors (Lipinski definition) is 1. The Labute approximate surface area is 153 Å². The molecule has 2 heteroatoms. The van der Waals surface area contributed by atoms with Gasteiger partial charge in [0, 0.05) is 17.0 Å². The van der Waals surface area contributed by atoms with E-state index in [4.69, 9.17) is 4.98 Å². The fourth-order valence-electron chi connectivity index (χ4n) is 3.58. The van der Waals surface area contributed by atoms with Crippen LogP contribution in [0.2, 0.25) is 0 Å². The molecule has 0 saturated heterocycles. The zero-order valence-corrected chi connectivity index (χ0v) is 16.5. The van der Waals surface area contributed by atoms with E-state index in [0.29, 0.717) is 11.8 Å². The second-order valence-corrected chi connectivity index (χ2v) is 7.51. The third-order valence-electron chi connectivity index (χ3n) is 4.81. The molecule has 0 atom stereocenters. The van der Waals surface area contributed by atoms with Crippen molar-refractivity contribution in [2.75, 3.05) is 0 Å². The molecule has 2 nitrogen and oxygen atoms in total. The number of aliphatic hydroxyl groups is 1. The van der Waals surface area contributed by atoms with Crippen LogP contribution in [0.4, 0.5) is 0 Å². The largest absolute Gasteiger partial charge is 0.392 e. The van der Waals surface area contributed by atoms with Gasteiger partial charge in [0.05, 0.1) is 6.61 Å². The van der Waals surface area contributed by atoms with Gasteiger partial charge >= 0.3 is 0 Å². The van der Waals surface area contributed by atoms with Crippen molar-refractivity contribution in [3.63, 3.8) is 0 Å². The van der Waals surface area contributed by atoms with Gasteiger partial charge in [-0.05, 0) is 41.4 Å². The number of hydrogen-bond acceptors (Lipinski definition) is 2. The van der Waals surface area contributed by atoms with Crippen LogP contribution in [0.5, 0.6) is 0 Å². The zero-order valence-electron chi connectivity index (χ0n) is 16.5. The van der Waals surface area contributed by atoms with E-state index in [-0.39, 0.29) is 6.61 Å². The fraction of sp³-hybridized carbons (Fsp3) is 0.522. The lowest BCUT2D eigenvalue weighted by Crippen LogP contribution is -2.12. The van der Waals surface area contributed by atoms with E-state index in [2.05, 4.69) is 58.9 Å². The van der Waals surface area contributed by atoms with Gasteiger partial charge in [0.15, 0.2) is 0 Å². The average Bonchev–Trinajstić information content (AvgIpc) is 2.61. The molecule has 0 aliphatic heterocycles. The van der Waals surface area contributed by atoms with Crippen LogP contribution in [-0.4, -0.2) is 10.1 Å². The van der Waals surface area contributed by atoms with Gasteiger partial charge in [0.25, 0.3) is 0 Å². The third kappa shape index (κ3) is 4.49. The quantitative estimate of drug-likeness (QED) is 0.579. The van der Waals surface area contributed by atoms with Crippen LogP contribution in [0.1, 0.15) is 88.2 Å². The van der Waals surface area contributed by atoms with Crippen LogP contribution in [0.25, 0.3) is 11.1 Å². The Kier molecular flexibility index (Phi) is 7.19. The number of unbranched alkanes of at least 4 members (excludes halogenated alkanes) is 2. The molecule has 0 amide bonds. The number of benzene rings is 1. The minimum atomic E-state index is 0.0455. The first-order valence-corrected chi connectivity index (χ1v) is 9.73. The maximum absolute atomic E-state index is 10.2. The maximum Gasteiger partial charge on any atom is 0.0705 e. The lowest BCUT2D eigenvalue weighted by molar-refractivity contribution is 0.279. The monoisotopic (exact) mass is 339 g/mol. The molecule has 0 unspecified atom stereocenters. The Balaban J connectivity index is 2.76. The standard InChI is InChI=1S/C23H33NO/c1-6-7-9-14-19-21(18-12-10-8-11-13-18)20(15-25)23(17(4)5)24-22(19)16(2)3/h8,10-13,16-17,25H,6-7,9,14-15H2,1-5H3. The number of pyridine rings is 1. The number of nitrogens with zero attached hydrogens (tertiary/aromatic N) is 1. The van der Waals surface area contributed by atoms with E-state index in [9.17, 15) is 5.11 Å². The van der Waals surface area contributed by atoms with E-state index in [1.807, 2.05) is 6.07 Å². The molecule has 0 aliphatic carbocycles. The summed E-state index contributed by atoms with van der Waals surface area (Å²) in [6.45, 7) is 11.1. The summed E-state index contributed by atoms with van der Waals surface area (Å²) >= 11 is 0. The molecule has 0 saturated carbocycles. The van der Waals surface area contributed by atoms with Gasteiger partial charge < -0.3 is 5.11 Å². The van der Waals surface area contributed by atoms with Gasteiger partial charge in [-0.1, -0.05) is 77.8 Å². The van der Waals surface area contributed by atoms with Crippen molar-refractivity contribution in [2.24, 2.45) is 0 Å². The molecule has 1 aromatic carbocycles. The summed E-state index contributed by atoms with van der Waals surface area (Å²) in [7, 11) is 0. The predicted octanol–water partition coefficient (Wildman–Crippen LogP) is 6.22. The number of rotatable bonds is 8. The maximum atomic E-state index is 10.2. The van der Waals surface area contributed by atoms with Crippen molar-refractivity contribution in [1.82, 2.24) is 4.98 Å². The van der Waals surface area contributed by atoms with E-state index in [0.717, 1.165) is 17.7 Å². The average molecular weight is 340 g/mol. The van der Waals surface area contributed by atoms with E-state index >= 15 is 0 Å². The lowest BCUT2D eigenvalue weighted by Gasteiger charge is -2.24. The van der Waals surface area contributed by atoms with E-state index in [1.165, 1.54) is 41.6 Å². The summed E-state index contributed by atoms with van der Waals surface area (Å²) in [5.41, 5.74) is 7.02. The second kappa shape index (κ2) is 9.15. The van der Waals surface area contributed by atoms with E-state index < -0.39 is 0 Å².